The standard InChI is InChI=1S/2C24H52N.BFO2/c2*1-5-9-13-17-21-25(22-18-14-10-6-2,23-19-15-11-7-3)24-20-16-12-8-4;2-1(3)4/h2*5-24H2,1-4H3;/q2*+1;-2. The van der Waals surface area contributed by atoms with Crippen molar-refractivity contribution in [3.8, 4) is 0 Å². The molecule has 0 fully saturated rings. The molecule has 0 aliphatic rings. The Bertz CT molecular complexity index is 507. The van der Waals surface area contributed by atoms with Crippen molar-refractivity contribution in [3.05, 3.63) is 0 Å². The Hall–Kier alpha value is -0.165. The molecule has 0 aromatic carbocycles. The summed E-state index contributed by atoms with van der Waals surface area (Å²) in [5.41, 5.74) is 0. The van der Waals surface area contributed by atoms with Crippen LogP contribution in [0.15, 0.2) is 0 Å². The SMILES string of the molecule is CCCCCC[N+](CCCCCC)(CCCCCC)CCCCCC.CCCCCC[N+](CCCCCC)(CCCCCC)CCCCCC.[O-]B([O-])F. The lowest BCUT2D eigenvalue weighted by Gasteiger charge is -2.39. The molecule has 0 bridgehead atoms. The van der Waals surface area contributed by atoms with Gasteiger partial charge in [0.2, 0.25) is 0 Å². The van der Waals surface area contributed by atoms with Gasteiger partial charge in [-0.25, -0.2) is 0 Å². The lowest BCUT2D eigenvalue weighted by molar-refractivity contribution is -0.929. The Morgan fingerprint density at radius 2 is 0.370 bits per heavy atom. The van der Waals surface area contributed by atoms with E-state index in [0.717, 1.165) is 0 Å². The number of hydrogen-bond donors (Lipinski definition) is 0. The van der Waals surface area contributed by atoms with Crippen molar-refractivity contribution in [1.29, 1.82) is 0 Å². The van der Waals surface area contributed by atoms with Crippen LogP contribution in [-0.2, 0) is 0 Å². The first-order valence-corrected chi connectivity index (χ1v) is 24.9. The van der Waals surface area contributed by atoms with Crippen molar-refractivity contribution in [1.82, 2.24) is 0 Å². The monoisotopic (exact) mass is 771 g/mol. The Morgan fingerprint density at radius 3 is 0.463 bits per heavy atom. The number of quaternary nitrogens is 2. The molecular weight excluding hydrogens is 666 g/mol. The Kier molecular flexibility index (Phi) is 50.8. The molecule has 0 amide bonds. The normalized spacial score (nSPS) is 11.6. The average Bonchev–Trinajstić information content (AvgIpc) is 3.16. The Balaban J connectivity index is -0.000000875. The van der Waals surface area contributed by atoms with E-state index in [2.05, 4.69) is 55.4 Å². The molecule has 0 aliphatic heterocycles. The van der Waals surface area contributed by atoms with E-state index >= 15 is 0 Å². The second-order valence-corrected chi connectivity index (χ2v) is 17.2. The second kappa shape index (κ2) is 47.2. The minimum absolute atomic E-state index is 1.36. The molecule has 54 heavy (non-hydrogen) atoms. The topological polar surface area (TPSA) is 46.1 Å². The maximum absolute atomic E-state index is 9.89. The summed E-state index contributed by atoms with van der Waals surface area (Å²) in [6.45, 7) is 30.4. The van der Waals surface area contributed by atoms with Crippen molar-refractivity contribution in [3.63, 3.8) is 0 Å². The summed E-state index contributed by atoms with van der Waals surface area (Å²) in [5.74, 6) is 0. The van der Waals surface area contributed by atoms with Gasteiger partial charge in [0.15, 0.2) is 0 Å². The van der Waals surface area contributed by atoms with Gasteiger partial charge in [0.25, 0.3) is 0 Å². The molecule has 0 unspecified atom stereocenters. The van der Waals surface area contributed by atoms with E-state index in [1.165, 1.54) is 267 Å². The first kappa shape index (κ1) is 58.2. The van der Waals surface area contributed by atoms with Crippen LogP contribution in [0.4, 0.5) is 4.32 Å². The Labute approximate surface area is 343 Å². The molecule has 0 heterocycles. The number of unbranched alkanes of at least 4 members (excludes halogenated alkanes) is 24. The van der Waals surface area contributed by atoms with Crippen LogP contribution >= 0.6 is 0 Å². The van der Waals surface area contributed by atoms with Crippen LogP contribution in [0, 0.1) is 0 Å². The first-order chi connectivity index (χ1) is 26.2. The highest BCUT2D eigenvalue weighted by atomic mass is 19.1. The molecule has 0 saturated heterocycles. The number of hydrogen-bond acceptors (Lipinski definition) is 2. The van der Waals surface area contributed by atoms with Crippen molar-refractivity contribution in [2.45, 2.75) is 261 Å². The second-order valence-electron chi connectivity index (χ2n) is 17.2. The molecule has 4 nitrogen and oxygen atoms in total. The van der Waals surface area contributed by atoms with Crippen LogP contribution in [-0.4, -0.2) is 68.7 Å². The van der Waals surface area contributed by atoms with E-state index in [-0.39, 0.29) is 0 Å². The minimum Gasteiger partial charge on any atom is -0.867 e. The van der Waals surface area contributed by atoms with Crippen LogP contribution in [0.2, 0.25) is 0 Å². The Morgan fingerprint density at radius 1 is 0.259 bits per heavy atom. The van der Waals surface area contributed by atoms with Gasteiger partial charge in [0.1, 0.15) is 7.40 Å². The molecule has 0 N–H and O–H groups in total. The predicted octanol–water partition coefficient (Wildman–Crippen LogP) is 13.9. The van der Waals surface area contributed by atoms with Gasteiger partial charge >= 0.3 is 0 Å². The van der Waals surface area contributed by atoms with Crippen LogP contribution in [0.5, 0.6) is 0 Å². The van der Waals surface area contributed by atoms with Crippen LogP contribution in [0.1, 0.15) is 261 Å². The van der Waals surface area contributed by atoms with Gasteiger partial charge in [-0.3, -0.25) is 0 Å². The highest BCUT2D eigenvalue weighted by Gasteiger charge is 2.27. The fourth-order valence-corrected chi connectivity index (χ4v) is 8.33. The van der Waals surface area contributed by atoms with E-state index < -0.39 is 7.40 Å². The van der Waals surface area contributed by atoms with E-state index in [9.17, 15) is 4.32 Å². The highest BCUT2D eigenvalue weighted by Crippen LogP contribution is 2.21. The summed E-state index contributed by atoms with van der Waals surface area (Å²) >= 11 is 0. The summed E-state index contributed by atoms with van der Waals surface area (Å²) in [7, 11) is -3.17. The first-order valence-electron chi connectivity index (χ1n) is 24.9. The molecule has 0 aliphatic carbocycles. The largest absolute Gasteiger partial charge is 0.867 e. The summed E-state index contributed by atoms with van der Waals surface area (Å²) < 4.78 is 12.8. The molecule has 328 valence electrons. The van der Waals surface area contributed by atoms with Crippen LogP contribution in [0.3, 0.4) is 0 Å². The zero-order valence-electron chi connectivity index (χ0n) is 39.0. The lowest BCUT2D eigenvalue weighted by Crippen LogP contribution is -2.50. The summed E-state index contributed by atoms with van der Waals surface area (Å²) in [6, 6.07) is 0. The minimum atomic E-state index is -3.17. The average molecular weight is 771 g/mol. The highest BCUT2D eigenvalue weighted by molar-refractivity contribution is 6.27. The van der Waals surface area contributed by atoms with Crippen molar-refractivity contribution >= 4 is 7.40 Å². The summed E-state index contributed by atoms with van der Waals surface area (Å²) in [5, 5.41) is 16.6. The summed E-state index contributed by atoms with van der Waals surface area (Å²) in [4.78, 5) is 0. The predicted molar refractivity (Wildman–Crippen MR) is 239 cm³/mol. The fourth-order valence-electron chi connectivity index (χ4n) is 8.33. The molecule has 0 rings (SSSR count). The van der Waals surface area contributed by atoms with Crippen molar-refractivity contribution in [2.75, 3.05) is 52.4 Å². The third kappa shape index (κ3) is 43.0. The quantitative estimate of drug-likeness (QED) is 0.0354. The maximum Gasteiger partial charge on any atom is 0.121 e. The smallest absolute Gasteiger partial charge is 0.121 e. The van der Waals surface area contributed by atoms with Crippen LogP contribution < -0.4 is 10.0 Å². The zero-order valence-corrected chi connectivity index (χ0v) is 39.0. The van der Waals surface area contributed by atoms with Crippen molar-refractivity contribution < 1.29 is 23.3 Å². The zero-order chi connectivity index (χ0) is 40.9. The third-order valence-electron chi connectivity index (χ3n) is 11.9. The molecule has 0 aromatic rings. The van der Waals surface area contributed by atoms with Gasteiger partial charge < -0.3 is 23.3 Å². The van der Waals surface area contributed by atoms with E-state index in [1.807, 2.05) is 0 Å². The van der Waals surface area contributed by atoms with Gasteiger partial charge in [-0.2, -0.15) is 0 Å². The van der Waals surface area contributed by atoms with Gasteiger partial charge in [0, 0.05) is 0 Å². The number of halogens is 1. The van der Waals surface area contributed by atoms with Gasteiger partial charge in [-0.05, 0) is 103 Å². The molecule has 0 spiro atoms. The summed E-state index contributed by atoms with van der Waals surface area (Å²) in [6.07, 6.45) is 45.7. The molecule has 0 atom stereocenters. The maximum atomic E-state index is 9.89. The number of rotatable bonds is 40. The van der Waals surface area contributed by atoms with E-state index in [4.69, 9.17) is 10.0 Å². The molecule has 0 aromatic heterocycles. The van der Waals surface area contributed by atoms with Crippen molar-refractivity contribution in [2.24, 2.45) is 0 Å². The molecule has 0 radical (unpaired) electrons. The van der Waals surface area contributed by atoms with E-state index in [0.29, 0.717) is 0 Å². The third-order valence-corrected chi connectivity index (χ3v) is 11.9. The molecule has 0 saturated carbocycles. The van der Waals surface area contributed by atoms with E-state index in [1.54, 1.807) is 0 Å². The van der Waals surface area contributed by atoms with Gasteiger partial charge in [0.05, 0.1) is 52.4 Å². The van der Waals surface area contributed by atoms with Crippen LogP contribution in [0.25, 0.3) is 0 Å². The lowest BCUT2D eigenvalue weighted by atomic mass is 10.1. The number of nitrogens with zero attached hydrogens (tertiary/aromatic N) is 2. The van der Waals surface area contributed by atoms with Gasteiger partial charge in [-0.1, -0.05) is 158 Å². The molecule has 6 heteroatoms. The van der Waals surface area contributed by atoms with Gasteiger partial charge in [-0.15, -0.1) is 0 Å². The molecular formula is C48H104BFN2O2. The fraction of sp³-hybridized carbons (Fsp3) is 1.00.